The summed E-state index contributed by atoms with van der Waals surface area (Å²) in [6.45, 7) is 2.97. The summed E-state index contributed by atoms with van der Waals surface area (Å²) in [5.74, 6) is 0.605. The molecule has 0 saturated heterocycles. The molecule has 1 aromatic carbocycles. The molecule has 0 atom stereocenters. The number of thiocarbonyl (C=S) groups is 1. The molecule has 4 nitrogen and oxygen atoms in total. The third-order valence-electron chi connectivity index (χ3n) is 2.39. The van der Waals surface area contributed by atoms with Crippen LogP contribution in [-0.2, 0) is 0 Å². The fourth-order valence-corrected chi connectivity index (χ4v) is 1.62. The molecular formula is C13H17N3OS. The van der Waals surface area contributed by atoms with Gasteiger partial charge in [0.15, 0.2) is 5.11 Å². The minimum atomic E-state index is 0.558. The molecule has 0 aromatic heterocycles. The van der Waals surface area contributed by atoms with Crippen molar-refractivity contribution >= 4 is 23.0 Å². The van der Waals surface area contributed by atoms with Crippen molar-refractivity contribution in [2.24, 2.45) is 0 Å². The first-order chi connectivity index (χ1) is 8.71. The van der Waals surface area contributed by atoms with Crippen molar-refractivity contribution in [3.05, 3.63) is 23.8 Å². The normalized spacial score (nSPS) is 9.39. The molecule has 0 radical (unpaired) electrons. The molecule has 96 valence electrons. The third kappa shape index (κ3) is 4.22. The smallest absolute Gasteiger partial charge is 0.170 e. The highest BCUT2D eigenvalue weighted by Crippen LogP contribution is 2.25. The van der Waals surface area contributed by atoms with E-state index in [4.69, 9.17) is 22.2 Å². The van der Waals surface area contributed by atoms with Crippen LogP contribution in [0, 0.1) is 11.3 Å². The highest BCUT2D eigenvalue weighted by Gasteiger charge is 2.05. The zero-order chi connectivity index (χ0) is 13.4. The Balaban J connectivity index is 2.66. The molecule has 5 heteroatoms. The predicted octanol–water partition coefficient (Wildman–Crippen LogP) is 2.65. The van der Waals surface area contributed by atoms with Crippen LogP contribution in [0.5, 0.6) is 5.75 Å². The Morgan fingerprint density at radius 3 is 2.89 bits per heavy atom. The van der Waals surface area contributed by atoms with Crippen LogP contribution in [0.4, 0.5) is 5.69 Å². The van der Waals surface area contributed by atoms with Gasteiger partial charge in [0, 0.05) is 12.6 Å². The quantitative estimate of drug-likeness (QED) is 0.632. The largest absolute Gasteiger partial charge is 0.495 e. The summed E-state index contributed by atoms with van der Waals surface area (Å²) >= 11 is 5.18. The SMILES string of the molecule is CCCCNC(=S)Nc1ccc(C#N)cc1OC. The minimum absolute atomic E-state index is 0.558. The Morgan fingerprint density at radius 2 is 2.28 bits per heavy atom. The Kier molecular flexibility index (Phi) is 5.95. The van der Waals surface area contributed by atoms with Crippen LogP contribution < -0.4 is 15.4 Å². The van der Waals surface area contributed by atoms with Gasteiger partial charge in [0.05, 0.1) is 24.4 Å². The van der Waals surface area contributed by atoms with Crippen molar-refractivity contribution in [1.29, 1.82) is 5.26 Å². The number of anilines is 1. The van der Waals surface area contributed by atoms with E-state index in [0.29, 0.717) is 16.4 Å². The van der Waals surface area contributed by atoms with Crippen LogP contribution in [0.15, 0.2) is 18.2 Å². The minimum Gasteiger partial charge on any atom is -0.495 e. The van der Waals surface area contributed by atoms with Crippen LogP contribution in [-0.4, -0.2) is 18.8 Å². The number of hydrogen-bond acceptors (Lipinski definition) is 3. The van der Waals surface area contributed by atoms with Gasteiger partial charge in [0.25, 0.3) is 0 Å². The molecule has 0 aliphatic rings. The van der Waals surface area contributed by atoms with Gasteiger partial charge in [-0.2, -0.15) is 5.26 Å². The fraction of sp³-hybridized carbons (Fsp3) is 0.385. The summed E-state index contributed by atoms with van der Waals surface area (Å²) in [5, 5.41) is 15.5. The third-order valence-corrected chi connectivity index (χ3v) is 2.64. The molecule has 0 spiro atoms. The number of unbranched alkanes of at least 4 members (excludes halogenated alkanes) is 1. The number of nitrogens with one attached hydrogen (secondary N) is 2. The zero-order valence-corrected chi connectivity index (χ0v) is 11.4. The van der Waals surface area contributed by atoms with Crippen LogP contribution in [0.25, 0.3) is 0 Å². The summed E-state index contributed by atoms with van der Waals surface area (Å²) in [6.07, 6.45) is 2.20. The maximum Gasteiger partial charge on any atom is 0.170 e. The number of nitrogens with zero attached hydrogens (tertiary/aromatic N) is 1. The van der Waals surface area contributed by atoms with Gasteiger partial charge in [-0.1, -0.05) is 13.3 Å². The van der Waals surface area contributed by atoms with E-state index in [2.05, 4.69) is 23.6 Å². The van der Waals surface area contributed by atoms with E-state index in [1.165, 1.54) is 0 Å². The van der Waals surface area contributed by atoms with E-state index in [9.17, 15) is 0 Å². The van der Waals surface area contributed by atoms with Gasteiger partial charge in [-0.25, -0.2) is 0 Å². The lowest BCUT2D eigenvalue weighted by molar-refractivity contribution is 0.417. The number of methoxy groups -OCH3 is 1. The van der Waals surface area contributed by atoms with Crippen molar-refractivity contribution in [2.75, 3.05) is 19.0 Å². The molecular weight excluding hydrogens is 246 g/mol. The van der Waals surface area contributed by atoms with E-state index in [-0.39, 0.29) is 0 Å². The summed E-state index contributed by atoms with van der Waals surface area (Å²) < 4.78 is 5.21. The second kappa shape index (κ2) is 7.51. The van der Waals surface area contributed by atoms with Gasteiger partial charge in [0.2, 0.25) is 0 Å². The van der Waals surface area contributed by atoms with Gasteiger partial charge in [-0.15, -0.1) is 0 Å². The van der Waals surface area contributed by atoms with E-state index < -0.39 is 0 Å². The second-order valence-corrected chi connectivity index (χ2v) is 4.17. The number of hydrogen-bond donors (Lipinski definition) is 2. The Bertz CT molecular complexity index is 454. The molecule has 1 rings (SSSR count). The average molecular weight is 263 g/mol. The molecule has 0 saturated carbocycles. The van der Waals surface area contributed by atoms with Crippen molar-refractivity contribution in [3.63, 3.8) is 0 Å². The van der Waals surface area contributed by atoms with Crippen LogP contribution in [0.2, 0.25) is 0 Å². The fourth-order valence-electron chi connectivity index (χ4n) is 1.41. The first kappa shape index (κ1) is 14.3. The Hall–Kier alpha value is -1.80. The molecule has 0 aliphatic heterocycles. The number of ether oxygens (including phenoxy) is 1. The summed E-state index contributed by atoms with van der Waals surface area (Å²) in [5.41, 5.74) is 1.31. The van der Waals surface area contributed by atoms with Gasteiger partial charge in [-0.05, 0) is 30.8 Å². The molecule has 0 unspecified atom stereocenters. The Labute approximate surface area is 113 Å². The van der Waals surface area contributed by atoms with Gasteiger partial charge < -0.3 is 15.4 Å². The summed E-state index contributed by atoms with van der Waals surface area (Å²) in [7, 11) is 1.56. The van der Waals surface area contributed by atoms with E-state index in [1.54, 1.807) is 25.3 Å². The van der Waals surface area contributed by atoms with Crippen LogP contribution in [0.1, 0.15) is 25.3 Å². The second-order valence-electron chi connectivity index (χ2n) is 3.76. The maximum atomic E-state index is 8.81. The molecule has 0 heterocycles. The number of nitriles is 1. The summed E-state index contributed by atoms with van der Waals surface area (Å²) in [4.78, 5) is 0. The maximum absolute atomic E-state index is 8.81. The van der Waals surface area contributed by atoms with Gasteiger partial charge >= 0.3 is 0 Å². The lowest BCUT2D eigenvalue weighted by atomic mass is 10.2. The van der Waals surface area contributed by atoms with Crippen molar-refractivity contribution in [1.82, 2.24) is 5.32 Å². The van der Waals surface area contributed by atoms with Crippen molar-refractivity contribution < 1.29 is 4.74 Å². The van der Waals surface area contributed by atoms with E-state index in [1.807, 2.05) is 0 Å². The lowest BCUT2D eigenvalue weighted by Crippen LogP contribution is -2.29. The lowest BCUT2D eigenvalue weighted by Gasteiger charge is -2.13. The van der Waals surface area contributed by atoms with E-state index >= 15 is 0 Å². The molecule has 0 fully saturated rings. The standard InChI is InChI=1S/C13H17N3OS/c1-3-4-7-15-13(18)16-11-6-5-10(9-14)8-12(11)17-2/h5-6,8H,3-4,7H2,1-2H3,(H2,15,16,18). The molecule has 1 aromatic rings. The van der Waals surface area contributed by atoms with Crippen LogP contribution in [0.3, 0.4) is 0 Å². The Morgan fingerprint density at radius 1 is 1.50 bits per heavy atom. The average Bonchev–Trinajstić information content (AvgIpc) is 2.39. The molecule has 0 amide bonds. The monoisotopic (exact) mass is 263 g/mol. The van der Waals surface area contributed by atoms with Gasteiger partial charge in [-0.3, -0.25) is 0 Å². The summed E-state index contributed by atoms with van der Waals surface area (Å²) in [6, 6.07) is 7.25. The van der Waals surface area contributed by atoms with E-state index in [0.717, 1.165) is 25.1 Å². The zero-order valence-electron chi connectivity index (χ0n) is 10.6. The van der Waals surface area contributed by atoms with Crippen molar-refractivity contribution in [3.8, 4) is 11.8 Å². The molecule has 0 aliphatic carbocycles. The molecule has 18 heavy (non-hydrogen) atoms. The van der Waals surface area contributed by atoms with Gasteiger partial charge in [0.1, 0.15) is 5.75 Å². The first-order valence-electron chi connectivity index (χ1n) is 5.84. The number of rotatable bonds is 5. The van der Waals surface area contributed by atoms with Crippen LogP contribution >= 0.6 is 12.2 Å². The molecule has 0 bridgehead atoms. The number of benzene rings is 1. The highest BCUT2D eigenvalue weighted by atomic mass is 32.1. The highest BCUT2D eigenvalue weighted by molar-refractivity contribution is 7.80. The first-order valence-corrected chi connectivity index (χ1v) is 6.25. The molecule has 2 N–H and O–H groups in total. The predicted molar refractivity (Wildman–Crippen MR) is 76.8 cm³/mol. The van der Waals surface area contributed by atoms with Crippen molar-refractivity contribution in [2.45, 2.75) is 19.8 Å². The topological polar surface area (TPSA) is 57.1 Å².